The molecule has 0 aliphatic carbocycles. The van der Waals surface area contributed by atoms with E-state index in [4.69, 9.17) is 0 Å². The number of nitrogens with zero attached hydrogens (tertiary/aromatic N) is 2. The fourth-order valence-electron chi connectivity index (χ4n) is 1.61. The molecule has 0 unspecified atom stereocenters. The van der Waals surface area contributed by atoms with Gasteiger partial charge in [0.2, 0.25) is 5.75 Å². The fraction of sp³-hybridized carbons (Fsp3) is 0.167. The van der Waals surface area contributed by atoms with Crippen molar-refractivity contribution in [3.05, 3.63) is 50.0 Å². The molecule has 1 aromatic carbocycles. The first-order valence-electron chi connectivity index (χ1n) is 5.65. The average molecular weight is 293 g/mol. The lowest BCUT2D eigenvalue weighted by atomic mass is 10.1. The van der Waals surface area contributed by atoms with Crippen LogP contribution in [0.5, 0.6) is 5.75 Å². The van der Waals surface area contributed by atoms with Gasteiger partial charge in [0, 0.05) is 17.1 Å². The maximum Gasteiger partial charge on any atom is 0.311 e. The predicted molar refractivity (Wildman–Crippen MR) is 72.8 cm³/mol. The number of hydrogen-bond donors (Lipinski definition) is 2. The van der Waals surface area contributed by atoms with Gasteiger partial charge in [0.25, 0.3) is 5.91 Å². The van der Waals surface area contributed by atoms with Crippen LogP contribution in [-0.2, 0) is 6.54 Å². The number of thiazole rings is 1. The van der Waals surface area contributed by atoms with E-state index in [2.05, 4.69) is 10.3 Å². The molecule has 0 aliphatic heterocycles. The highest BCUT2D eigenvalue weighted by Gasteiger charge is 2.20. The number of amides is 1. The average Bonchev–Trinajstić information content (AvgIpc) is 2.81. The van der Waals surface area contributed by atoms with Gasteiger partial charge < -0.3 is 10.4 Å². The Morgan fingerprint density at radius 3 is 2.90 bits per heavy atom. The Bertz CT molecular complexity index is 668. The molecule has 7 nitrogen and oxygen atoms in total. The Kier molecular flexibility index (Phi) is 3.94. The third-order valence-corrected chi connectivity index (χ3v) is 3.46. The molecule has 0 atom stereocenters. The van der Waals surface area contributed by atoms with Gasteiger partial charge in [-0.1, -0.05) is 6.07 Å². The zero-order chi connectivity index (χ0) is 14.7. The molecule has 0 fully saturated rings. The SMILES string of the molecule is Cc1ncc(CNC(=O)c2cccc([N+](=O)[O-])c2O)s1. The van der Waals surface area contributed by atoms with Gasteiger partial charge >= 0.3 is 5.69 Å². The minimum Gasteiger partial charge on any atom is -0.502 e. The fourth-order valence-corrected chi connectivity index (χ4v) is 2.35. The Morgan fingerprint density at radius 1 is 1.55 bits per heavy atom. The van der Waals surface area contributed by atoms with Crippen LogP contribution in [0.15, 0.2) is 24.4 Å². The van der Waals surface area contributed by atoms with Crippen LogP contribution in [0.3, 0.4) is 0 Å². The number of phenolic OH excluding ortho intramolecular Hbond substituents is 1. The van der Waals surface area contributed by atoms with Gasteiger partial charge in [-0.2, -0.15) is 0 Å². The van der Waals surface area contributed by atoms with Crippen molar-refractivity contribution in [3.63, 3.8) is 0 Å². The van der Waals surface area contributed by atoms with Crippen LogP contribution in [0.4, 0.5) is 5.69 Å². The van der Waals surface area contributed by atoms with Crippen molar-refractivity contribution < 1.29 is 14.8 Å². The largest absolute Gasteiger partial charge is 0.502 e. The summed E-state index contributed by atoms with van der Waals surface area (Å²) >= 11 is 1.44. The molecule has 2 aromatic rings. The summed E-state index contributed by atoms with van der Waals surface area (Å²) in [7, 11) is 0. The summed E-state index contributed by atoms with van der Waals surface area (Å²) in [6.07, 6.45) is 1.65. The van der Waals surface area contributed by atoms with Crippen molar-refractivity contribution in [2.75, 3.05) is 0 Å². The number of carbonyl (C=O) groups excluding carboxylic acids is 1. The summed E-state index contributed by atoms with van der Waals surface area (Å²) in [6.45, 7) is 2.11. The molecule has 0 bridgehead atoms. The molecule has 0 aliphatic rings. The van der Waals surface area contributed by atoms with Crippen LogP contribution in [0.1, 0.15) is 20.2 Å². The van der Waals surface area contributed by atoms with E-state index in [1.165, 1.54) is 23.5 Å². The van der Waals surface area contributed by atoms with Gasteiger partial charge in [0.05, 0.1) is 22.0 Å². The number of nitrogens with one attached hydrogen (secondary N) is 1. The Hall–Kier alpha value is -2.48. The smallest absolute Gasteiger partial charge is 0.311 e. The third kappa shape index (κ3) is 2.91. The first kappa shape index (κ1) is 13.9. The van der Waals surface area contributed by atoms with Crippen LogP contribution in [0.2, 0.25) is 0 Å². The van der Waals surface area contributed by atoms with Crippen LogP contribution in [0.25, 0.3) is 0 Å². The van der Waals surface area contributed by atoms with Gasteiger partial charge in [-0.15, -0.1) is 11.3 Å². The van der Waals surface area contributed by atoms with Gasteiger partial charge in [-0.05, 0) is 13.0 Å². The lowest BCUT2D eigenvalue weighted by Crippen LogP contribution is -2.22. The number of aromatic nitrogens is 1. The van der Waals surface area contributed by atoms with Gasteiger partial charge in [0.1, 0.15) is 0 Å². The van der Waals surface area contributed by atoms with E-state index in [1.54, 1.807) is 6.20 Å². The van der Waals surface area contributed by atoms with Crippen LogP contribution < -0.4 is 5.32 Å². The Morgan fingerprint density at radius 2 is 2.30 bits per heavy atom. The topological polar surface area (TPSA) is 105 Å². The Labute approximate surface area is 118 Å². The Balaban J connectivity index is 2.13. The maximum atomic E-state index is 11.9. The first-order valence-corrected chi connectivity index (χ1v) is 6.46. The number of phenols is 1. The van der Waals surface area contributed by atoms with Crippen molar-refractivity contribution in [1.82, 2.24) is 10.3 Å². The predicted octanol–water partition coefficient (Wildman–Crippen LogP) is 2.00. The molecule has 0 saturated heterocycles. The normalized spacial score (nSPS) is 10.2. The molecular weight excluding hydrogens is 282 g/mol. The number of aromatic hydroxyl groups is 1. The van der Waals surface area contributed by atoms with Crippen LogP contribution in [0, 0.1) is 17.0 Å². The number of hydrogen-bond acceptors (Lipinski definition) is 6. The van der Waals surface area contributed by atoms with Gasteiger partial charge in [-0.25, -0.2) is 4.98 Å². The molecule has 2 rings (SSSR count). The minimum atomic E-state index is -0.737. The van der Waals surface area contributed by atoms with Gasteiger partial charge in [-0.3, -0.25) is 14.9 Å². The lowest BCUT2D eigenvalue weighted by Gasteiger charge is -2.05. The lowest BCUT2D eigenvalue weighted by molar-refractivity contribution is -0.385. The molecule has 0 saturated carbocycles. The maximum absolute atomic E-state index is 11.9. The van der Waals surface area contributed by atoms with Crippen molar-refractivity contribution in [2.45, 2.75) is 13.5 Å². The van der Waals surface area contributed by atoms with E-state index < -0.39 is 22.3 Å². The molecule has 8 heteroatoms. The van der Waals surface area contributed by atoms with E-state index in [9.17, 15) is 20.0 Å². The van der Waals surface area contributed by atoms with Crippen molar-refractivity contribution in [2.24, 2.45) is 0 Å². The number of benzene rings is 1. The number of nitro benzene ring substituents is 1. The highest BCUT2D eigenvalue weighted by molar-refractivity contribution is 7.11. The summed E-state index contributed by atoms with van der Waals surface area (Å²) in [6, 6.07) is 3.82. The molecule has 20 heavy (non-hydrogen) atoms. The van der Waals surface area contributed by atoms with Crippen LogP contribution >= 0.6 is 11.3 Å². The van der Waals surface area contributed by atoms with E-state index in [-0.39, 0.29) is 12.1 Å². The highest BCUT2D eigenvalue weighted by Crippen LogP contribution is 2.29. The second-order valence-electron chi connectivity index (χ2n) is 3.96. The number of carbonyl (C=O) groups is 1. The van der Waals surface area contributed by atoms with Crippen molar-refractivity contribution in [3.8, 4) is 5.75 Å². The number of rotatable bonds is 4. The molecule has 1 amide bonds. The summed E-state index contributed by atoms with van der Waals surface area (Å²) in [5, 5.41) is 23.9. The molecule has 2 N–H and O–H groups in total. The zero-order valence-corrected chi connectivity index (χ0v) is 11.3. The second-order valence-corrected chi connectivity index (χ2v) is 5.28. The van der Waals surface area contributed by atoms with Crippen molar-refractivity contribution >= 4 is 22.9 Å². The van der Waals surface area contributed by atoms with Crippen LogP contribution in [-0.4, -0.2) is 20.9 Å². The first-order chi connectivity index (χ1) is 9.49. The standard InChI is InChI=1S/C12H11N3O4S/c1-7-13-5-8(20-7)6-14-12(17)9-3-2-4-10(11(9)16)15(18)19/h2-5,16H,6H2,1H3,(H,14,17). The number of nitro groups is 1. The number of para-hydroxylation sites is 1. The molecule has 1 aromatic heterocycles. The molecule has 0 spiro atoms. The minimum absolute atomic E-state index is 0.125. The molecule has 1 heterocycles. The quantitative estimate of drug-likeness (QED) is 0.662. The second kappa shape index (κ2) is 5.66. The van der Waals surface area contributed by atoms with Crippen molar-refractivity contribution in [1.29, 1.82) is 0 Å². The van der Waals surface area contributed by atoms with E-state index in [0.717, 1.165) is 16.0 Å². The zero-order valence-electron chi connectivity index (χ0n) is 10.5. The summed E-state index contributed by atoms with van der Waals surface area (Å²) in [4.78, 5) is 26.8. The summed E-state index contributed by atoms with van der Waals surface area (Å²) in [5.41, 5.74) is -0.619. The summed E-state index contributed by atoms with van der Waals surface area (Å²) in [5.74, 6) is -1.20. The summed E-state index contributed by atoms with van der Waals surface area (Å²) < 4.78 is 0. The van der Waals surface area contributed by atoms with E-state index >= 15 is 0 Å². The number of aryl methyl sites for hydroxylation is 1. The molecule has 104 valence electrons. The monoisotopic (exact) mass is 293 g/mol. The van der Waals surface area contributed by atoms with E-state index in [1.807, 2.05) is 6.92 Å². The molecular formula is C12H11N3O4S. The molecule has 0 radical (unpaired) electrons. The third-order valence-electron chi connectivity index (χ3n) is 2.55. The van der Waals surface area contributed by atoms with Gasteiger partial charge in [0.15, 0.2) is 0 Å². The van der Waals surface area contributed by atoms with E-state index in [0.29, 0.717) is 0 Å². The highest BCUT2D eigenvalue weighted by atomic mass is 32.1.